The first-order valence-corrected chi connectivity index (χ1v) is 9.98. The smallest absolute Gasteiger partial charge is 0.151 e. The topological polar surface area (TPSA) is 355 Å². The molecular formula is C18H36O18. The Kier molecular flexibility index (Phi) is 23.2. The summed E-state index contributed by atoms with van der Waals surface area (Å²) < 4.78 is 0. The van der Waals surface area contributed by atoms with Gasteiger partial charge in [-0.15, -0.1) is 0 Å². The first-order chi connectivity index (χ1) is 16.6. The van der Waals surface area contributed by atoms with Crippen LogP contribution in [0.5, 0.6) is 0 Å². The summed E-state index contributed by atoms with van der Waals surface area (Å²) in [6, 6.07) is 0. The van der Waals surface area contributed by atoms with Crippen molar-refractivity contribution < 1.29 is 91.0 Å². The van der Waals surface area contributed by atoms with Gasteiger partial charge in [0.1, 0.15) is 73.2 Å². The Morgan fingerprint density at radius 3 is 0.639 bits per heavy atom. The first-order valence-electron chi connectivity index (χ1n) is 9.98. The Bertz CT molecular complexity index is 490. The molecule has 0 spiro atoms. The van der Waals surface area contributed by atoms with Crippen molar-refractivity contribution in [2.24, 2.45) is 0 Å². The molecule has 0 rings (SSSR count). The molecule has 0 bridgehead atoms. The molecule has 0 radical (unpaired) electrons. The summed E-state index contributed by atoms with van der Waals surface area (Å²) in [5.41, 5.74) is 0. The lowest BCUT2D eigenvalue weighted by Crippen LogP contribution is -2.46. The average Bonchev–Trinajstić information content (AvgIpc) is 2.92. The summed E-state index contributed by atoms with van der Waals surface area (Å²) >= 11 is 0. The number of aliphatic hydroxyl groups is 15. The molecule has 0 amide bonds. The Morgan fingerprint density at radius 1 is 0.361 bits per heavy atom. The third kappa shape index (κ3) is 14.8. The SMILES string of the molecule is O=C[C@@H](O)[C@@H](O)[C@H](O)[C@H](O)CO.O=C[C@@H](O)[C@@H](O)[C@H](O)[C@H](O)CO.O=C[C@H](O)[C@@H](O)[C@H](O)[C@H](O)CO. The number of hydrogen-bond donors (Lipinski definition) is 15. The van der Waals surface area contributed by atoms with Crippen LogP contribution in [0.3, 0.4) is 0 Å². The molecule has 0 aliphatic carbocycles. The maximum Gasteiger partial charge on any atom is 0.151 e. The molecule has 36 heavy (non-hydrogen) atoms. The van der Waals surface area contributed by atoms with Gasteiger partial charge >= 0.3 is 0 Å². The van der Waals surface area contributed by atoms with Crippen molar-refractivity contribution in [3.8, 4) is 0 Å². The normalized spacial score (nSPS) is 21.1. The van der Waals surface area contributed by atoms with E-state index in [4.69, 9.17) is 76.6 Å². The molecule has 0 aliphatic rings. The Morgan fingerprint density at radius 2 is 0.528 bits per heavy atom. The van der Waals surface area contributed by atoms with Gasteiger partial charge in [-0.25, -0.2) is 0 Å². The highest BCUT2D eigenvalue weighted by Crippen LogP contribution is 2.04. The molecule has 0 saturated heterocycles. The first kappa shape index (κ1) is 38.9. The zero-order chi connectivity index (χ0) is 29.2. The third-order valence-electron chi connectivity index (χ3n) is 4.26. The van der Waals surface area contributed by atoms with E-state index in [1.165, 1.54) is 0 Å². The van der Waals surface area contributed by atoms with E-state index in [0.29, 0.717) is 0 Å². The van der Waals surface area contributed by atoms with Gasteiger partial charge in [0.25, 0.3) is 0 Å². The van der Waals surface area contributed by atoms with Gasteiger partial charge in [0.15, 0.2) is 18.9 Å². The second-order valence-electron chi connectivity index (χ2n) is 7.07. The summed E-state index contributed by atoms with van der Waals surface area (Å²) in [6.07, 6.45) is -20.5. The van der Waals surface area contributed by atoms with Crippen LogP contribution in [-0.4, -0.2) is 189 Å². The third-order valence-corrected chi connectivity index (χ3v) is 4.26. The van der Waals surface area contributed by atoms with Gasteiger partial charge in [0.2, 0.25) is 0 Å². The molecule has 0 aromatic carbocycles. The Balaban J connectivity index is -0.000000454. The van der Waals surface area contributed by atoms with Crippen LogP contribution in [0.25, 0.3) is 0 Å². The summed E-state index contributed by atoms with van der Waals surface area (Å²) in [6.45, 7) is -2.28. The van der Waals surface area contributed by atoms with E-state index in [2.05, 4.69) is 0 Å². The average molecular weight is 540 g/mol. The van der Waals surface area contributed by atoms with Crippen molar-refractivity contribution in [2.75, 3.05) is 19.8 Å². The lowest BCUT2D eigenvalue weighted by Gasteiger charge is -2.22. The van der Waals surface area contributed by atoms with Crippen LogP contribution in [0, 0.1) is 0 Å². The van der Waals surface area contributed by atoms with Crippen LogP contribution in [0.15, 0.2) is 0 Å². The second-order valence-corrected chi connectivity index (χ2v) is 7.07. The summed E-state index contributed by atoms with van der Waals surface area (Å²) in [7, 11) is 0. The molecule has 0 unspecified atom stereocenters. The molecule has 18 nitrogen and oxygen atoms in total. The van der Waals surface area contributed by atoms with E-state index in [-0.39, 0.29) is 18.9 Å². The fourth-order valence-electron chi connectivity index (χ4n) is 1.85. The van der Waals surface area contributed by atoms with E-state index < -0.39 is 93.1 Å². The molecule has 15 N–H and O–H groups in total. The van der Waals surface area contributed by atoms with E-state index >= 15 is 0 Å². The van der Waals surface area contributed by atoms with E-state index in [9.17, 15) is 14.4 Å². The standard InChI is InChI=1S/3C6H12O6/c3*7-1-3(9)5(11)6(12)4(10)2-8/h3*1,3-6,8-12H,2H2/t3-,4+,5+,6+;2*3-,4-,5-,6-/m011/s1. The van der Waals surface area contributed by atoms with Gasteiger partial charge in [0.05, 0.1) is 19.8 Å². The maximum absolute atomic E-state index is 9.90. The molecule has 0 heterocycles. The lowest BCUT2D eigenvalue weighted by molar-refractivity contribution is -0.136. The quantitative estimate of drug-likeness (QED) is 0.0856. The molecular weight excluding hydrogens is 504 g/mol. The van der Waals surface area contributed by atoms with Gasteiger partial charge in [-0.1, -0.05) is 0 Å². The van der Waals surface area contributed by atoms with Crippen molar-refractivity contribution in [3.63, 3.8) is 0 Å². The number of carbonyl (C=O) groups excluding carboxylic acids is 3. The minimum Gasteiger partial charge on any atom is -0.394 e. The minimum absolute atomic E-state index is 0.0258. The van der Waals surface area contributed by atoms with E-state index in [1.54, 1.807) is 0 Å². The predicted molar refractivity (Wildman–Crippen MR) is 112 cm³/mol. The van der Waals surface area contributed by atoms with Crippen molar-refractivity contribution in [2.45, 2.75) is 73.2 Å². The highest BCUT2D eigenvalue weighted by atomic mass is 16.4. The van der Waals surface area contributed by atoms with Gasteiger partial charge in [0, 0.05) is 0 Å². The highest BCUT2D eigenvalue weighted by molar-refractivity contribution is 5.57. The molecule has 0 saturated carbocycles. The molecule has 216 valence electrons. The van der Waals surface area contributed by atoms with Gasteiger partial charge in [-0.3, -0.25) is 0 Å². The zero-order valence-corrected chi connectivity index (χ0v) is 18.7. The van der Waals surface area contributed by atoms with Crippen LogP contribution in [0.4, 0.5) is 0 Å². The van der Waals surface area contributed by atoms with Crippen LogP contribution in [0.2, 0.25) is 0 Å². The number of hydrogen-bond acceptors (Lipinski definition) is 18. The number of aldehydes is 3. The van der Waals surface area contributed by atoms with Crippen LogP contribution in [0.1, 0.15) is 0 Å². The van der Waals surface area contributed by atoms with Gasteiger partial charge in [-0.2, -0.15) is 0 Å². The highest BCUT2D eigenvalue weighted by Gasteiger charge is 2.31. The van der Waals surface area contributed by atoms with E-state index in [1.807, 2.05) is 0 Å². The van der Waals surface area contributed by atoms with Gasteiger partial charge < -0.3 is 91.0 Å². The van der Waals surface area contributed by atoms with Crippen LogP contribution in [-0.2, 0) is 14.4 Å². The largest absolute Gasteiger partial charge is 0.394 e. The Labute approximate surface area is 203 Å². The van der Waals surface area contributed by atoms with Crippen molar-refractivity contribution >= 4 is 18.9 Å². The molecule has 18 heteroatoms. The summed E-state index contributed by atoms with van der Waals surface area (Å²) in [4.78, 5) is 29.7. The van der Waals surface area contributed by atoms with Gasteiger partial charge in [-0.05, 0) is 0 Å². The summed E-state index contributed by atoms with van der Waals surface area (Å²) in [5, 5.41) is 131. The number of carbonyl (C=O) groups is 3. The molecule has 0 aliphatic heterocycles. The number of aliphatic hydroxyl groups excluding tert-OH is 15. The lowest BCUT2D eigenvalue weighted by atomic mass is 10.0. The minimum atomic E-state index is -1.79. The Hall–Kier alpha value is -1.59. The van der Waals surface area contributed by atoms with Crippen molar-refractivity contribution in [1.82, 2.24) is 0 Å². The predicted octanol–water partition coefficient (Wildman–Crippen LogP) is -10.1. The maximum atomic E-state index is 9.90. The van der Waals surface area contributed by atoms with E-state index in [0.717, 1.165) is 0 Å². The van der Waals surface area contributed by atoms with Crippen LogP contribution >= 0.6 is 0 Å². The van der Waals surface area contributed by atoms with Crippen molar-refractivity contribution in [1.29, 1.82) is 0 Å². The molecule has 12 atom stereocenters. The monoisotopic (exact) mass is 540 g/mol. The molecule has 0 aromatic rings. The van der Waals surface area contributed by atoms with Crippen molar-refractivity contribution in [3.05, 3.63) is 0 Å². The molecule has 0 fully saturated rings. The molecule has 0 aromatic heterocycles. The zero-order valence-electron chi connectivity index (χ0n) is 18.7. The second kappa shape index (κ2) is 21.5. The summed E-state index contributed by atoms with van der Waals surface area (Å²) in [5.74, 6) is 0. The fraction of sp³-hybridized carbons (Fsp3) is 0.833. The fourth-order valence-corrected chi connectivity index (χ4v) is 1.85. The van der Waals surface area contributed by atoms with Crippen LogP contribution < -0.4 is 0 Å². The number of rotatable bonds is 15.